The van der Waals surface area contributed by atoms with Crippen LogP contribution in [-0.4, -0.2) is 29.3 Å². The maximum atomic E-state index is 12.0. The zero-order chi connectivity index (χ0) is 14.4. The summed E-state index contributed by atoms with van der Waals surface area (Å²) in [7, 11) is 0. The van der Waals surface area contributed by atoms with Crippen molar-refractivity contribution in [3.05, 3.63) is 29.8 Å². The lowest BCUT2D eigenvalue weighted by molar-refractivity contribution is -0.139. The van der Waals surface area contributed by atoms with Gasteiger partial charge in [-0.15, -0.1) is 11.8 Å². The Morgan fingerprint density at radius 1 is 1.26 bits per heavy atom. The van der Waals surface area contributed by atoms with Gasteiger partial charge in [-0.3, -0.25) is 4.79 Å². The average molecular weight is 281 g/mol. The van der Waals surface area contributed by atoms with Crippen molar-refractivity contribution in [3.63, 3.8) is 0 Å². The predicted molar refractivity (Wildman–Crippen MR) is 76.6 cm³/mol. The Hall–Kier alpha value is -1.49. The minimum absolute atomic E-state index is 0.209. The van der Waals surface area contributed by atoms with Crippen LogP contribution in [0.3, 0.4) is 0 Å². The van der Waals surface area contributed by atoms with Crippen molar-refractivity contribution in [2.45, 2.75) is 31.2 Å². The number of carboxylic acid groups (broad SMARTS) is 1. The fourth-order valence-corrected chi connectivity index (χ4v) is 2.09. The van der Waals surface area contributed by atoms with Gasteiger partial charge in [0.25, 0.3) is 5.91 Å². The summed E-state index contributed by atoms with van der Waals surface area (Å²) in [6, 6.07) is 6.26. The molecule has 2 N–H and O–H groups in total. The number of nitrogens with one attached hydrogen (secondary N) is 1. The van der Waals surface area contributed by atoms with E-state index in [0.29, 0.717) is 12.0 Å². The summed E-state index contributed by atoms with van der Waals surface area (Å²) in [5, 5.41) is 11.6. The van der Waals surface area contributed by atoms with Crippen LogP contribution in [0.5, 0.6) is 0 Å². The Bertz CT molecular complexity index is 443. The molecule has 1 rings (SSSR count). The van der Waals surface area contributed by atoms with Crippen molar-refractivity contribution in [2.75, 3.05) is 6.26 Å². The number of thioether (sulfide) groups is 1. The standard InChI is InChI=1S/C14H19NO3S/c1-9(2)8-12(14(17)18)15-13(16)10-4-6-11(19-3)7-5-10/h4-7,9,12H,8H2,1-3H3,(H,15,16)(H,17,18)/t12-/m1/s1. The largest absolute Gasteiger partial charge is 0.480 e. The van der Waals surface area contributed by atoms with Crippen molar-refractivity contribution in [1.82, 2.24) is 5.32 Å². The molecule has 1 aromatic rings. The summed E-state index contributed by atoms with van der Waals surface area (Å²) in [5.74, 6) is -1.14. The van der Waals surface area contributed by atoms with Crippen LogP contribution < -0.4 is 5.32 Å². The first-order chi connectivity index (χ1) is 8.93. The highest BCUT2D eigenvalue weighted by Gasteiger charge is 2.21. The molecule has 1 aromatic carbocycles. The number of benzene rings is 1. The van der Waals surface area contributed by atoms with E-state index in [1.54, 1.807) is 23.9 Å². The van der Waals surface area contributed by atoms with Crippen molar-refractivity contribution < 1.29 is 14.7 Å². The first kappa shape index (κ1) is 15.6. The molecule has 0 radical (unpaired) electrons. The third-order valence-corrected chi connectivity index (χ3v) is 3.41. The molecule has 0 spiro atoms. The predicted octanol–water partition coefficient (Wildman–Crippen LogP) is 2.64. The number of hydrogen-bond donors (Lipinski definition) is 2. The molecule has 0 fully saturated rings. The third kappa shape index (κ3) is 4.95. The zero-order valence-corrected chi connectivity index (χ0v) is 12.2. The van der Waals surface area contributed by atoms with Crippen molar-refractivity contribution in [1.29, 1.82) is 0 Å². The van der Waals surface area contributed by atoms with Crippen LogP contribution in [-0.2, 0) is 4.79 Å². The van der Waals surface area contributed by atoms with E-state index in [2.05, 4.69) is 5.32 Å². The molecule has 19 heavy (non-hydrogen) atoms. The van der Waals surface area contributed by atoms with E-state index in [1.165, 1.54) is 0 Å². The number of amides is 1. The summed E-state index contributed by atoms with van der Waals surface area (Å²) in [5.41, 5.74) is 0.479. The number of rotatable bonds is 6. The second-order valence-electron chi connectivity index (χ2n) is 4.72. The molecule has 0 bridgehead atoms. The summed E-state index contributed by atoms with van der Waals surface area (Å²) >= 11 is 1.59. The Balaban J connectivity index is 2.72. The molecular weight excluding hydrogens is 262 g/mol. The third-order valence-electron chi connectivity index (χ3n) is 2.66. The maximum absolute atomic E-state index is 12.0. The normalized spacial score (nSPS) is 12.2. The van der Waals surface area contributed by atoms with Gasteiger partial charge < -0.3 is 10.4 Å². The fraction of sp³-hybridized carbons (Fsp3) is 0.429. The van der Waals surface area contributed by atoms with Crippen molar-refractivity contribution in [3.8, 4) is 0 Å². The van der Waals surface area contributed by atoms with Gasteiger partial charge in [0.2, 0.25) is 0 Å². The Morgan fingerprint density at radius 2 is 1.84 bits per heavy atom. The SMILES string of the molecule is CSc1ccc(C(=O)N[C@H](CC(C)C)C(=O)O)cc1. The molecule has 5 heteroatoms. The first-order valence-electron chi connectivity index (χ1n) is 6.11. The van der Waals surface area contributed by atoms with Crippen molar-refractivity contribution in [2.24, 2.45) is 5.92 Å². The fourth-order valence-electron chi connectivity index (χ4n) is 1.68. The van der Waals surface area contributed by atoms with E-state index in [9.17, 15) is 9.59 Å². The first-order valence-corrected chi connectivity index (χ1v) is 7.34. The van der Waals surface area contributed by atoms with Crippen LogP contribution in [0.4, 0.5) is 0 Å². The van der Waals surface area contributed by atoms with E-state index in [-0.39, 0.29) is 11.8 Å². The van der Waals surface area contributed by atoms with Gasteiger partial charge in [0.05, 0.1) is 0 Å². The number of carbonyl (C=O) groups excluding carboxylic acids is 1. The van der Waals surface area contributed by atoms with Gasteiger partial charge in [0, 0.05) is 10.5 Å². The summed E-state index contributed by atoms with van der Waals surface area (Å²) in [6.07, 6.45) is 2.38. The smallest absolute Gasteiger partial charge is 0.326 e. The number of carboxylic acids is 1. The molecule has 1 amide bonds. The highest BCUT2D eigenvalue weighted by atomic mass is 32.2. The van der Waals surface area contributed by atoms with Crippen molar-refractivity contribution >= 4 is 23.6 Å². The second-order valence-corrected chi connectivity index (χ2v) is 5.60. The maximum Gasteiger partial charge on any atom is 0.326 e. The molecule has 0 saturated carbocycles. The summed E-state index contributed by atoms with van der Waals surface area (Å²) in [4.78, 5) is 24.1. The molecule has 0 aliphatic rings. The molecule has 0 aliphatic heterocycles. The van der Waals surface area contributed by atoms with E-state index in [0.717, 1.165) is 4.90 Å². The van der Waals surface area contributed by atoms with E-state index >= 15 is 0 Å². The van der Waals surface area contributed by atoms with Crippen LogP contribution in [0, 0.1) is 5.92 Å². The number of carbonyl (C=O) groups is 2. The lowest BCUT2D eigenvalue weighted by Gasteiger charge is -2.16. The minimum Gasteiger partial charge on any atom is -0.480 e. The molecule has 0 aliphatic carbocycles. The summed E-state index contributed by atoms with van der Waals surface area (Å²) in [6.45, 7) is 3.85. The lowest BCUT2D eigenvalue weighted by Crippen LogP contribution is -2.41. The topological polar surface area (TPSA) is 66.4 Å². The zero-order valence-electron chi connectivity index (χ0n) is 11.3. The molecule has 1 atom stereocenters. The van der Waals surface area contributed by atoms with Gasteiger partial charge in [0.1, 0.15) is 6.04 Å². The highest BCUT2D eigenvalue weighted by molar-refractivity contribution is 7.98. The Morgan fingerprint density at radius 3 is 2.26 bits per heavy atom. The van der Waals surface area contributed by atoms with E-state index in [1.807, 2.05) is 32.2 Å². The molecule has 0 unspecified atom stereocenters. The lowest BCUT2D eigenvalue weighted by atomic mass is 10.0. The Labute approximate surface area is 117 Å². The minimum atomic E-state index is -0.997. The van der Waals surface area contributed by atoms with Gasteiger partial charge in [-0.1, -0.05) is 13.8 Å². The molecule has 4 nitrogen and oxygen atoms in total. The Kier molecular flexibility index (Phi) is 5.89. The van der Waals surface area contributed by atoms with Gasteiger partial charge >= 0.3 is 5.97 Å². The van der Waals surface area contributed by atoms with Crippen LogP contribution in [0.15, 0.2) is 29.2 Å². The second kappa shape index (κ2) is 7.19. The monoisotopic (exact) mass is 281 g/mol. The van der Waals surface area contributed by atoms with Gasteiger partial charge in [0.15, 0.2) is 0 Å². The highest BCUT2D eigenvalue weighted by Crippen LogP contribution is 2.15. The van der Waals surface area contributed by atoms with E-state index < -0.39 is 12.0 Å². The van der Waals surface area contributed by atoms with Crippen LogP contribution in [0.1, 0.15) is 30.6 Å². The number of hydrogen-bond acceptors (Lipinski definition) is 3. The van der Waals surface area contributed by atoms with Crippen LogP contribution in [0.2, 0.25) is 0 Å². The van der Waals surface area contributed by atoms with Crippen LogP contribution in [0.25, 0.3) is 0 Å². The summed E-state index contributed by atoms with van der Waals surface area (Å²) < 4.78 is 0. The molecule has 0 aromatic heterocycles. The van der Waals surface area contributed by atoms with Gasteiger partial charge in [-0.25, -0.2) is 4.79 Å². The number of aliphatic carboxylic acids is 1. The molecule has 0 saturated heterocycles. The molecule has 0 heterocycles. The average Bonchev–Trinajstić information content (AvgIpc) is 2.37. The van der Waals surface area contributed by atoms with Gasteiger partial charge in [-0.2, -0.15) is 0 Å². The molecule has 104 valence electrons. The molecular formula is C14H19NO3S. The quantitative estimate of drug-likeness (QED) is 0.787. The van der Waals surface area contributed by atoms with Gasteiger partial charge in [-0.05, 0) is 42.9 Å². The van der Waals surface area contributed by atoms with E-state index in [4.69, 9.17) is 5.11 Å². The van der Waals surface area contributed by atoms with Crippen LogP contribution >= 0.6 is 11.8 Å².